The zero-order chi connectivity index (χ0) is 96.4. The van der Waals surface area contributed by atoms with Crippen molar-refractivity contribution in [3.8, 4) is 56.1 Å². The van der Waals surface area contributed by atoms with Crippen molar-refractivity contribution in [3.63, 3.8) is 0 Å². The lowest BCUT2D eigenvalue weighted by atomic mass is 9.70. The lowest BCUT2D eigenvalue weighted by molar-refractivity contribution is 0.660. The molecule has 0 saturated heterocycles. The van der Waals surface area contributed by atoms with Crippen LogP contribution in [-0.4, -0.2) is 46.5 Å². The van der Waals surface area contributed by atoms with Crippen molar-refractivity contribution in [2.75, 3.05) is 47.8 Å². The lowest BCUT2D eigenvalue weighted by Crippen LogP contribution is -2.26. The van der Waals surface area contributed by atoms with Crippen LogP contribution in [-0.2, 0) is 10.8 Å². The summed E-state index contributed by atoms with van der Waals surface area (Å²) in [4.78, 5) is 9.29. The molecular weight excluding hydrogens is 1750 g/mol. The average Bonchev–Trinajstić information content (AvgIpc) is 1.51. The molecule has 0 saturated carbocycles. The van der Waals surface area contributed by atoms with E-state index in [0.29, 0.717) is 0 Å². The van der Waals surface area contributed by atoms with E-state index in [1.165, 1.54) is 232 Å². The van der Waals surface area contributed by atoms with E-state index >= 15 is 0 Å². The van der Waals surface area contributed by atoms with Crippen LogP contribution in [0.1, 0.15) is 47.2 Å². The minimum Gasteiger partial charge on any atom is -0.343 e. The first-order chi connectivity index (χ1) is 71.0. The number of nitrogens with zero attached hydrogens (tertiary/aromatic N) is 8. The molecule has 0 bridgehead atoms. The molecule has 8 heteroatoms. The highest BCUT2D eigenvalue weighted by Gasteiger charge is 2.52. The normalized spacial score (nSPS) is 12.6. The minimum atomic E-state index is -0.359. The first-order valence-corrected chi connectivity index (χ1v) is 49.9. The Kier molecular flexibility index (Phi) is 20.9. The van der Waals surface area contributed by atoms with Crippen LogP contribution in [0.5, 0.6) is 0 Å². The number of hydrogen-bond donors (Lipinski definition) is 0. The average molecular weight is 1850 g/mol. The van der Waals surface area contributed by atoms with E-state index in [-0.39, 0.29) is 10.8 Å². The lowest BCUT2D eigenvalue weighted by Gasteiger charge is -2.31. The molecule has 0 fully saturated rings. The Bertz CT molecular complexity index is 9300. The Hall–Kier alpha value is -18.2. The SMILES string of the molecule is CN(c1ccc2c(c1)C(C)(C)c1ccccc1-2)c1ccccc1-n1c2ccccc2c2ccccc21.CN(c1ccc2c(c1)C1(c3ccccc3-c3ccccc31)c1ccccc1-2)c1ccccc1-n1c2ccccc2c2ccccc21.CN(c1ccc2ccccc2c1)c1ccccc1-n1c2ccccc2c2ccccc21.CN(c1ccccc1-n1c2ccccc2c2ccccc21)c1cccc2ccccc12. The molecule has 686 valence electrons. The summed E-state index contributed by atoms with van der Waals surface area (Å²) in [5.74, 6) is 0. The van der Waals surface area contributed by atoms with E-state index in [1.54, 1.807) is 0 Å². The van der Waals surface area contributed by atoms with Crippen molar-refractivity contribution in [2.24, 2.45) is 0 Å². The molecule has 0 unspecified atom stereocenters. The predicted octanol–water partition coefficient (Wildman–Crippen LogP) is 35.2. The van der Waals surface area contributed by atoms with E-state index < -0.39 is 0 Å². The van der Waals surface area contributed by atoms with Gasteiger partial charge in [0.15, 0.2) is 0 Å². The molecule has 0 amide bonds. The monoisotopic (exact) mass is 1850 g/mol. The molecule has 0 aliphatic heterocycles. The van der Waals surface area contributed by atoms with E-state index in [2.05, 4.69) is 589 Å². The fourth-order valence-electron chi connectivity index (χ4n) is 24.1. The maximum absolute atomic E-state index is 2.46. The third kappa shape index (κ3) is 13.7. The van der Waals surface area contributed by atoms with Crippen molar-refractivity contribution in [1.82, 2.24) is 18.3 Å². The number of rotatable bonds is 12. The fraction of sp³-hybridized carbons (Fsp3) is 0.0588. The highest BCUT2D eigenvalue weighted by atomic mass is 15.2. The van der Waals surface area contributed by atoms with Crippen molar-refractivity contribution in [2.45, 2.75) is 24.7 Å². The van der Waals surface area contributed by atoms with Gasteiger partial charge in [-0.25, -0.2) is 0 Å². The first kappa shape index (κ1) is 86.1. The number of para-hydroxylation sites is 16. The molecule has 22 aromatic carbocycles. The Morgan fingerprint density at radius 3 is 0.764 bits per heavy atom. The maximum Gasteiger partial charge on any atom is 0.0726 e. The second-order valence-electron chi connectivity index (χ2n) is 38.7. The molecule has 0 N–H and O–H groups in total. The van der Waals surface area contributed by atoms with Gasteiger partial charge in [-0.15, -0.1) is 0 Å². The molecule has 3 aliphatic carbocycles. The van der Waals surface area contributed by atoms with Gasteiger partial charge in [-0.3, -0.25) is 0 Å². The van der Waals surface area contributed by atoms with Crippen LogP contribution in [0.15, 0.2) is 510 Å². The molecular formula is C136H102N8. The summed E-state index contributed by atoms with van der Waals surface area (Å²) in [6.45, 7) is 4.68. The minimum absolute atomic E-state index is 0.0187. The Balaban J connectivity index is 0.0000000994. The fourth-order valence-corrected chi connectivity index (χ4v) is 24.1. The summed E-state index contributed by atoms with van der Waals surface area (Å²) in [6, 6.07) is 185. The summed E-state index contributed by atoms with van der Waals surface area (Å²) < 4.78 is 9.60. The first-order valence-electron chi connectivity index (χ1n) is 49.9. The van der Waals surface area contributed by atoms with Gasteiger partial charge in [0.1, 0.15) is 0 Å². The third-order valence-electron chi connectivity index (χ3n) is 30.8. The largest absolute Gasteiger partial charge is 0.343 e. The summed E-state index contributed by atoms with van der Waals surface area (Å²) in [7, 11) is 8.70. The molecule has 0 atom stereocenters. The standard InChI is InChI=1S/C44H30N2.C34H28N2.2C29H22N2/c1-45(42-24-12-13-25-43(42)46-40-22-10-5-17-34(40)35-18-6-11-23-41(35)46)29-26-27-33-32-16-4-9-21-38(32)44(39(33)28-29)36-19-7-2-14-30(36)31-15-3-8-20-37(31)44;1-34(2)28-15-7-4-12-24(28)25-21-20-23(22-29(25)34)35(3)32-18-10-11-19-33(32)36-30-16-8-5-13-26(30)27-14-6-9-17-31(27)36;1-30(25-20-10-12-21-11-2-3-13-22(21)25)28-18-8-9-19-29(28)31-26-16-6-4-14-23(26)24-15-5-7-17-27(24)31;1-30(23-19-18-21-10-2-3-11-22(21)20-23)28-16-8-9-17-29(28)31-26-14-6-4-12-24(26)25-13-5-7-15-27(25)31/h2-28H,1H3;4-22H,1-3H3;2*2-20H,1H3. The Morgan fingerprint density at radius 2 is 0.396 bits per heavy atom. The van der Waals surface area contributed by atoms with Crippen LogP contribution in [0, 0.1) is 0 Å². The highest BCUT2D eigenvalue weighted by molar-refractivity contribution is 6.14. The van der Waals surface area contributed by atoms with Gasteiger partial charge >= 0.3 is 0 Å². The van der Waals surface area contributed by atoms with E-state index in [0.717, 1.165) is 11.4 Å². The van der Waals surface area contributed by atoms with Crippen LogP contribution >= 0.6 is 0 Å². The second kappa shape index (κ2) is 35.0. The van der Waals surface area contributed by atoms with Gasteiger partial charge in [0, 0.05) is 105 Å². The molecule has 144 heavy (non-hydrogen) atoms. The number of benzene rings is 22. The van der Waals surface area contributed by atoms with Gasteiger partial charge in [-0.05, 0) is 222 Å². The van der Waals surface area contributed by atoms with Crippen LogP contribution < -0.4 is 19.6 Å². The van der Waals surface area contributed by atoms with E-state index in [4.69, 9.17) is 0 Å². The van der Waals surface area contributed by atoms with Gasteiger partial charge < -0.3 is 37.9 Å². The van der Waals surface area contributed by atoms with Crippen LogP contribution in [0.25, 0.3) is 165 Å². The van der Waals surface area contributed by atoms with E-state index in [1.807, 2.05) is 0 Å². The zero-order valence-electron chi connectivity index (χ0n) is 81.1. The summed E-state index contributed by atoms with van der Waals surface area (Å²) in [6.07, 6.45) is 0. The van der Waals surface area contributed by atoms with Gasteiger partial charge in [-0.2, -0.15) is 0 Å². The summed E-state index contributed by atoms with van der Waals surface area (Å²) >= 11 is 0. The van der Waals surface area contributed by atoms with Gasteiger partial charge in [-0.1, -0.05) is 384 Å². The summed E-state index contributed by atoms with van der Waals surface area (Å²) in [5, 5.41) is 15.2. The Labute approximate surface area is 838 Å². The van der Waals surface area contributed by atoms with Crippen LogP contribution in [0.2, 0.25) is 0 Å². The van der Waals surface area contributed by atoms with Crippen LogP contribution in [0.3, 0.4) is 0 Å². The predicted molar refractivity (Wildman–Crippen MR) is 610 cm³/mol. The smallest absolute Gasteiger partial charge is 0.0726 e. The molecule has 3 aliphatic rings. The number of aromatic nitrogens is 4. The molecule has 4 aromatic heterocycles. The second-order valence-corrected chi connectivity index (χ2v) is 38.7. The number of anilines is 8. The Morgan fingerprint density at radius 1 is 0.160 bits per heavy atom. The number of hydrogen-bond acceptors (Lipinski definition) is 4. The topological polar surface area (TPSA) is 32.7 Å². The van der Waals surface area contributed by atoms with Crippen LogP contribution in [0.4, 0.5) is 45.5 Å². The zero-order valence-corrected chi connectivity index (χ0v) is 81.1. The maximum atomic E-state index is 2.46. The summed E-state index contributed by atoms with van der Waals surface area (Å²) in [5.41, 5.74) is 39.8. The van der Waals surface area contributed by atoms with Crippen molar-refractivity contribution in [3.05, 3.63) is 543 Å². The van der Waals surface area contributed by atoms with E-state index in [9.17, 15) is 0 Å². The van der Waals surface area contributed by atoms with Crippen molar-refractivity contribution >= 4 is 154 Å². The van der Waals surface area contributed by atoms with Gasteiger partial charge in [0.05, 0.1) is 95.0 Å². The van der Waals surface area contributed by atoms with Gasteiger partial charge in [0.25, 0.3) is 0 Å². The van der Waals surface area contributed by atoms with Crippen molar-refractivity contribution in [1.29, 1.82) is 0 Å². The molecule has 29 rings (SSSR count). The molecule has 26 aromatic rings. The molecule has 1 spiro atoms. The highest BCUT2D eigenvalue weighted by Crippen LogP contribution is 2.64. The number of fused-ring (bicyclic) bond motifs is 27. The van der Waals surface area contributed by atoms with Gasteiger partial charge in [0.2, 0.25) is 0 Å². The molecule has 4 heterocycles. The third-order valence-corrected chi connectivity index (χ3v) is 30.8. The quantitative estimate of drug-likeness (QED) is 0.122. The molecule has 0 radical (unpaired) electrons. The molecule has 8 nitrogen and oxygen atoms in total. The van der Waals surface area contributed by atoms with Crippen molar-refractivity contribution < 1.29 is 0 Å².